The summed E-state index contributed by atoms with van der Waals surface area (Å²) in [6.07, 6.45) is 0.976. The second kappa shape index (κ2) is 5.79. The summed E-state index contributed by atoms with van der Waals surface area (Å²) in [4.78, 5) is 0. The maximum atomic E-state index is 11.5. The number of hydrogen-bond acceptors (Lipinski definition) is 1. The van der Waals surface area contributed by atoms with Gasteiger partial charge in [0, 0.05) is 0 Å². The van der Waals surface area contributed by atoms with Gasteiger partial charge in [-0.05, 0) is 12.4 Å². The van der Waals surface area contributed by atoms with Crippen molar-refractivity contribution in [3.63, 3.8) is 0 Å². The molecule has 1 atom stereocenters. The topological polar surface area (TPSA) is 26.0 Å². The minimum absolute atomic E-state index is 0. The summed E-state index contributed by atoms with van der Waals surface area (Å²) in [5, 5.41) is 0. The predicted molar refractivity (Wildman–Crippen MR) is 31.9 cm³/mol. The van der Waals surface area contributed by atoms with Gasteiger partial charge in [0.2, 0.25) is 0 Å². The Morgan fingerprint density at radius 3 is 2.00 bits per heavy atom. The Kier molecular flexibility index (Phi) is 7.97. The number of halogens is 3. The van der Waals surface area contributed by atoms with E-state index in [0.29, 0.717) is 0 Å². The SMILES string of the molecule is C=CCC(N)[B-](F)(F)F.[K+]. The molecule has 0 aromatic heterocycles. The van der Waals surface area contributed by atoms with Crippen LogP contribution in [0.5, 0.6) is 0 Å². The molecule has 0 spiro atoms. The van der Waals surface area contributed by atoms with Gasteiger partial charge in [-0.25, -0.2) is 0 Å². The smallest absolute Gasteiger partial charge is 0.448 e. The molecule has 0 heterocycles. The van der Waals surface area contributed by atoms with E-state index in [2.05, 4.69) is 6.58 Å². The summed E-state index contributed by atoms with van der Waals surface area (Å²) in [5.41, 5.74) is 4.69. The molecule has 0 radical (unpaired) electrons. The molecule has 1 nitrogen and oxygen atoms in total. The molecule has 10 heavy (non-hydrogen) atoms. The van der Waals surface area contributed by atoms with E-state index >= 15 is 0 Å². The summed E-state index contributed by atoms with van der Waals surface area (Å²) in [7, 11) is 0. The van der Waals surface area contributed by atoms with Crippen LogP contribution in [0, 0.1) is 0 Å². The quantitative estimate of drug-likeness (QED) is 0.402. The normalized spacial score (nSPS) is 13.6. The summed E-state index contributed by atoms with van der Waals surface area (Å²) in [5.74, 6) is -1.69. The van der Waals surface area contributed by atoms with Crippen LogP contribution in [0.25, 0.3) is 0 Å². The first-order valence-corrected chi connectivity index (χ1v) is 2.55. The van der Waals surface area contributed by atoms with Gasteiger partial charge in [0.1, 0.15) is 0 Å². The summed E-state index contributed by atoms with van der Waals surface area (Å²) in [6, 6.07) is 0. The third-order valence-corrected chi connectivity index (χ3v) is 0.924. The predicted octanol–water partition coefficient (Wildman–Crippen LogP) is -1.72. The number of hydrogen-bond donors (Lipinski definition) is 1. The van der Waals surface area contributed by atoms with Crippen LogP contribution in [0.4, 0.5) is 12.9 Å². The monoisotopic (exact) mass is 177 g/mol. The van der Waals surface area contributed by atoms with E-state index in [9.17, 15) is 12.9 Å². The van der Waals surface area contributed by atoms with Crippen molar-refractivity contribution >= 4 is 6.98 Å². The Labute approximate surface area is 101 Å². The van der Waals surface area contributed by atoms with Crippen LogP contribution >= 0.6 is 0 Å². The molecule has 0 fully saturated rings. The third-order valence-electron chi connectivity index (χ3n) is 0.924. The van der Waals surface area contributed by atoms with Gasteiger partial charge in [0.25, 0.3) is 0 Å². The molecule has 0 aliphatic rings. The van der Waals surface area contributed by atoms with Crippen LogP contribution < -0.4 is 57.1 Å². The van der Waals surface area contributed by atoms with Gasteiger partial charge in [-0.1, -0.05) is 6.08 Å². The van der Waals surface area contributed by atoms with Gasteiger partial charge < -0.3 is 18.7 Å². The Morgan fingerprint density at radius 2 is 1.90 bits per heavy atom. The average Bonchev–Trinajstić information content (AvgIpc) is 1.64. The van der Waals surface area contributed by atoms with E-state index in [4.69, 9.17) is 5.73 Å². The van der Waals surface area contributed by atoms with E-state index in [1.807, 2.05) is 0 Å². The van der Waals surface area contributed by atoms with Crippen molar-refractivity contribution in [1.29, 1.82) is 0 Å². The fourth-order valence-electron chi connectivity index (χ4n) is 0.347. The van der Waals surface area contributed by atoms with Crippen LogP contribution in [0.15, 0.2) is 12.7 Å². The molecule has 1 unspecified atom stereocenters. The van der Waals surface area contributed by atoms with Crippen molar-refractivity contribution < 1.29 is 64.3 Å². The molecule has 0 rings (SSSR count). The second-order valence-electron chi connectivity index (χ2n) is 1.81. The van der Waals surface area contributed by atoms with Crippen LogP contribution in [-0.2, 0) is 0 Å². The Morgan fingerprint density at radius 1 is 1.50 bits per heavy atom. The first-order valence-electron chi connectivity index (χ1n) is 2.55. The molecular formula is C4H8BF3KN. The molecule has 0 amide bonds. The standard InChI is InChI=1S/C4H8BF3N.K/c1-2-3-4(9)5(6,7)8;/h2,4H,1,3,9H2;/q-1;+1. The zero-order valence-electron chi connectivity index (χ0n) is 5.86. The maximum absolute atomic E-state index is 11.5. The molecule has 2 N–H and O–H groups in total. The Balaban J connectivity index is 0. The summed E-state index contributed by atoms with van der Waals surface area (Å²) < 4.78 is 34.6. The first kappa shape index (κ1) is 13.8. The first-order chi connectivity index (χ1) is 3.98. The fraction of sp³-hybridized carbons (Fsp3) is 0.500. The van der Waals surface area contributed by atoms with Crippen molar-refractivity contribution in [2.75, 3.05) is 0 Å². The van der Waals surface area contributed by atoms with Gasteiger partial charge in [-0.2, -0.15) is 0 Å². The maximum Gasteiger partial charge on any atom is 1.00 e. The molecule has 0 saturated heterocycles. The number of nitrogens with two attached hydrogens (primary N) is 1. The Hall–Kier alpha value is 1.19. The van der Waals surface area contributed by atoms with E-state index in [-0.39, 0.29) is 57.8 Å². The molecule has 0 aliphatic heterocycles. The van der Waals surface area contributed by atoms with E-state index in [1.165, 1.54) is 6.08 Å². The molecule has 0 aliphatic carbocycles. The zero-order valence-corrected chi connectivity index (χ0v) is 8.98. The summed E-state index contributed by atoms with van der Waals surface area (Å²) >= 11 is 0. The molecule has 0 bridgehead atoms. The van der Waals surface area contributed by atoms with Gasteiger partial charge in [-0.15, -0.1) is 6.58 Å². The summed E-state index contributed by atoms with van der Waals surface area (Å²) in [6.45, 7) is -1.72. The largest absolute Gasteiger partial charge is 1.00 e. The minimum atomic E-state index is -4.86. The minimum Gasteiger partial charge on any atom is -0.448 e. The third kappa shape index (κ3) is 5.94. The zero-order chi connectivity index (χ0) is 7.49. The van der Waals surface area contributed by atoms with Gasteiger partial charge >= 0.3 is 58.4 Å². The van der Waals surface area contributed by atoms with E-state index in [0.717, 1.165) is 0 Å². The van der Waals surface area contributed by atoms with Crippen molar-refractivity contribution in [1.82, 2.24) is 0 Å². The van der Waals surface area contributed by atoms with Gasteiger partial charge in [0.15, 0.2) is 0 Å². The molecule has 0 saturated carbocycles. The second-order valence-corrected chi connectivity index (χ2v) is 1.81. The molecule has 54 valence electrons. The Bertz CT molecular complexity index is 105. The fourth-order valence-corrected chi connectivity index (χ4v) is 0.347. The van der Waals surface area contributed by atoms with Crippen LogP contribution in [0.1, 0.15) is 6.42 Å². The number of rotatable bonds is 3. The van der Waals surface area contributed by atoms with Crippen LogP contribution in [0.3, 0.4) is 0 Å². The van der Waals surface area contributed by atoms with Crippen molar-refractivity contribution in [2.24, 2.45) is 5.73 Å². The molecular weight excluding hydrogens is 169 g/mol. The van der Waals surface area contributed by atoms with Crippen molar-refractivity contribution in [3.8, 4) is 0 Å². The van der Waals surface area contributed by atoms with E-state index in [1.54, 1.807) is 0 Å². The van der Waals surface area contributed by atoms with Gasteiger partial charge in [0.05, 0.1) is 0 Å². The van der Waals surface area contributed by atoms with Crippen molar-refractivity contribution in [3.05, 3.63) is 12.7 Å². The van der Waals surface area contributed by atoms with Gasteiger partial charge in [-0.3, -0.25) is 0 Å². The molecule has 6 heteroatoms. The van der Waals surface area contributed by atoms with E-state index < -0.39 is 12.9 Å². The van der Waals surface area contributed by atoms with Crippen molar-refractivity contribution in [2.45, 2.75) is 12.4 Å². The van der Waals surface area contributed by atoms with Crippen LogP contribution in [0.2, 0.25) is 0 Å². The molecule has 0 aromatic rings. The van der Waals surface area contributed by atoms with Crippen LogP contribution in [-0.4, -0.2) is 12.9 Å². The average molecular weight is 177 g/mol. The molecule has 0 aromatic carbocycles.